The predicted molar refractivity (Wildman–Crippen MR) is 99.9 cm³/mol. The van der Waals surface area contributed by atoms with Crippen molar-refractivity contribution in [3.05, 3.63) is 64.7 Å². The Kier molecular flexibility index (Phi) is 6.60. The van der Waals surface area contributed by atoms with Crippen molar-refractivity contribution in [2.45, 2.75) is 6.92 Å². The van der Waals surface area contributed by atoms with Gasteiger partial charge in [0.2, 0.25) is 11.8 Å². The fraction of sp³-hybridized carbons (Fsp3) is 0.158. The normalized spacial score (nSPS) is 10.5. The van der Waals surface area contributed by atoms with Gasteiger partial charge in [-0.25, -0.2) is 0 Å². The number of carbonyl (C=O) groups is 2. The second-order valence-corrected chi connectivity index (χ2v) is 5.79. The molecule has 0 aromatic heterocycles. The monoisotopic (exact) mass is 358 g/mol. The van der Waals surface area contributed by atoms with Gasteiger partial charge in [-0.2, -0.15) is 0 Å². The number of methoxy groups -OCH3 is 1. The van der Waals surface area contributed by atoms with Gasteiger partial charge in [0.25, 0.3) is 0 Å². The van der Waals surface area contributed by atoms with E-state index in [1.165, 1.54) is 13.2 Å². The highest BCUT2D eigenvalue weighted by molar-refractivity contribution is 6.30. The number of nitrogens with one attached hydrogen (secondary N) is 2. The zero-order chi connectivity index (χ0) is 18.2. The Bertz CT molecular complexity index is 786. The summed E-state index contributed by atoms with van der Waals surface area (Å²) in [5.41, 5.74) is 2.40. The number of rotatable bonds is 6. The first-order valence-corrected chi connectivity index (χ1v) is 8.01. The molecule has 0 unspecified atom stereocenters. The van der Waals surface area contributed by atoms with Gasteiger partial charge in [0.05, 0.1) is 19.3 Å². The number of carbonyl (C=O) groups excluding carboxylic acids is 2. The van der Waals surface area contributed by atoms with Crippen molar-refractivity contribution in [3.8, 4) is 5.75 Å². The number of amides is 2. The molecule has 0 fully saturated rings. The van der Waals surface area contributed by atoms with Gasteiger partial charge in [0.1, 0.15) is 5.75 Å². The fourth-order valence-corrected chi connectivity index (χ4v) is 2.21. The second kappa shape index (κ2) is 8.89. The zero-order valence-electron chi connectivity index (χ0n) is 14.0. The number of hydrogen-bond acceptors (Lipinski definition) is 3. The molecule has 0 saturated heterocycles. The lowest BCUT2D eigenvalue weighted by molar-refractivity contribution is -0.121. The van der Waals surface area contributed by atoms with E-state index in [9.17, 15) is 9.59 Å². The van der Waals surface area contributed by atoms with Gasteiger partial charge >= 0.3 is 0 Å². The van der Waals surface area contributed by atoms with E-state index in [2.05, 4.69) is 10.6 Å². The van der Waals surface area contributed by atoms with Crippen molar-refractivity contribution in [2.75, 3.05) is 19.0 Å². The Labute approximate surface area is 151 Å². The summed E-state index contributed by atoms with van der Waals surface area (Å²) in [5, 5.41) is 5.88. The summed E-state index contributed by atoms with van der Waals surface area (Å²) in [6.07, 6.45) is 3.01. The zero-order valence-corrected chi connectivity index (χ0v) is 14.8. The molecule has 0 aliphatic heterocycles. The molecule has 0 atom stereocenters. The molecule has 0 spiro atoms. The summed E-state index contributed by atoms with van der Waals surface area (Å²) < 4.78 is 5.20. The van der Waals surface area contributed by atoms with Crippen molar-refractivity contribution in [1.82, 2.24) is 5.32 Å². The largest absolute Gasteiger partial charge is 0.495 e. The van der Waals surface area contributed by atoms with Crippen LogP contribution in [-0.2, 0) is 9.59 Å². The Balaban J connectivity index is 1.86. The molecule has 25 heavy (non-hydrogen) atoms. The molecule has 2 rings (SSSR count). The van der Waals surface area contributed by atoms with Crippen LogP contribution in [0.15, 0.2) is 48.5 Å². The Morgan fingerprint density at radius 2 is 1.88 bits per heavy atom. The number of hydrogen-bond donors (Lipinski definition) is 2. The molecule has 130 valence electrons. The molecule has 0 heterocycles. The molecule has 0 saturated carbocycles. The second-order valence-electron chi connectivity index (χ2n) is 5.35. The fourth-order valence-electron chi connectivity index (χ4n) is 2.09. The Morgan fingerprint density at radius 1 is 1.16 bits per heavy atom. The molecule has 2 aromatic rings. The summed E-state index contributed by atoms with van der Waals surface area (Å²) in [5.74, 6) is -0.133. The average molecular weight is 359 g/mol. The molecule has 0 aliphatic rings. The summed E-state index contributed by atoms with van der Waals surface area (Å²) in [4.78, 5) is 23.8. The molecular formula is C19H19ClN2O3. The van der Waals surface area contributed by atoms with Crippen molar-refractivity contribution in [1.29, 1.82) is 0 Å². The quantitative estimate of drug-likeness (QED) is 0.777. The molecule has 0 aliphatic carbocycles. The van der Waals surface area contributed by atoms with Gasteiger partial charge in [-0.15, -0.1) is 0 Å². The van der Waals surface area contributed by atoms with Crippen molar-refractivity contribution >= 4 is 35.2 Å². The van der Waals surface area contributed by atoms with E-state index in [1.807, 2.05) is 13.0 Å². The van der Waals surface area contributed by atoms with Crippen molar-refractivity contribution in [3.63, 3.8) is 0 Å². The van der Waals surface area contributed by atoms with Crippen LogP contribution >= 0.6 is 11.6 Å². The first kappa shape index (κ1) is 18.5. The first-order valence-electron chi connectivity index (χ1n) is 7.64. The third-order valence-corrected chi connectivity index (χ3v) is 3.60. The van der Waals surface area contributed by atoms with Crippen LogP contribution < -0.4 is 15.4 Å². The van der Waals surface area contributed by atoms with Gasteiger partial charge in [-0.1, -0.05) is 29.8 Å². The smallest absolute Gasteiger partial charge is 0.244 e. The van der Waals surface area contributed by atoms with Crippen molar-refractivity contribution < 1.29 is 14.3 Å². The molecule has 5 nitrogen and oxygen atoms in total. The van der Waals surface area contributed by atoms with Crippen LogP contribution in [0.1, 0.15) is 11.1 Å². The third kappa shape index (κ3) is 5.97. The summed E-state index contributed by atoms with van der Waals surface area (Å²) in [7, 11) is 1.53. The first-order chi connectivity index (χ1) is 12.0. The Morgan fingerprint density at radius 3 is 2.56 bits per heavy atom. The highest BCUT2D eigenvalue weighted by Crippen LogP contribution is 2.24. The standard InChI is InChI=1S/C19H19ClN2O3/c1-13-3-9-17(25-2)16(11-13)22-19(24)12-21-18(23)10-6-14-4-7-15(20)8-5-14/h3-11H,12H2,1-2H3,(H,21,23)(H,22,24)/b10-6+. The number of anilines is 1. The molecule has 0 bridgehead atoms. The lowest BCUT2D eigenvalue weighted by Crippen LogP contribution is -2.31. The van der Waals surface area contributed by atoms with Crippen LogP contribution in [-0.4, -0.2) is 25.5 Å². The third-order valence-electron chi connectivity index (χ3n) is 3.35. The average Bonchev–Trinajstić information content (AvgIpc) is 2.59. The van der Waals surface area contributed by atoms with Crippen LogP contribution in [0.5, 0.6) is 5.75 Å². The van der Waals surface area contributed by atoms with Gasteiger partial charge < -0.3 is 15.4 Å². The number of halogens is 1. The lowest BCUT2D eigenvalue weighted by atomic mass is 10.2. The van der Waals surface area contributed by atoms with Gasteiger partial charge in [-0.3, -0.25) is 9.59 Å². The van der Waals surface area contributed by atoms with E-state index in [0.29, 0.717) is 16.5 Å². The lowest BCUT2D eigenvalue weighted by Gasteiger charge is -2.11. The molecular weight excluding hydrogens is 340 g/mol. The van der Waals surface area contributed by atoms with Gasteiger partial charge in [0.15, 0.2) is 0 Å². The summed E-state index contributed by atoms with van der Waals surface area (Å²) in [6.45, 7) is 1.78. The maximum Gasteiger partial charge on any atom is 0.244 e. The van der Waals surface area contributed by atoms with Crippen LogP contribution in [0.3, 0.4) is 0 Å². The highest BCUT2D eigenvalue weighted by Gasteiger charge is 2.08. The molecule has 6 heteroatoms. The highest BCUT2D eigenvalue weighted by atomic mass is 35.5. The minimum absolute atomic E-state index is 0.138. The number of benzene rings is 2. The minimum atomic E-state index is -0.360. The maximum absolute atomic E-state index is 12.0. The van der Waals surface area contributed by atoms with Crippen LogP contribution in [0, 0.1) is 6.92 Å². The molecule has 0 radical (unpaired) electrons. The maximum atomic E-state index is 12.0. The van der Waals surface area contributed by atoms with Crippen molar-refractivity contribution in [2.24, 2.45) is 0 Å². The van der Waals surface area contributed by atoms with Crippen LogP contribution in [0.25, 0.3) is 6.08 Å². The van der Waals surface area contributed by atoms with Crippen LogP contribution in [0.2, 0.25) is 5.02 Å². The van der Waals surface area contributed by atoms with Gasteiger partial charge in [-0.05, 0) is 48.4 Å². The Hall–Kier alpha value is -2.79. The number of ether oxygens (including phenoxy) is 1. The minimum Gasteiger partial charge on any atom is -0.495 e. The number of aryl methyl sites for hydroxylation is 1. The van der Waals surface area contributed by atoms with Gasteiger partial charge in [0, 0.05) is 11.1 Å². The van der Waals surface area contributed by atoms with E-state index in [1.54, 1.807) is 42.5 Å². The van der Waals surface area contributed by atoms with E-state index >= 15 is 0 Å². The summed E-state index contributed by atoms with van der Waals surface area (Å²) >= 11 is 5.80. The molecule has 2 N–H and O–H groups in total. The topological polar surface area (TPSA) is 67.4 Å². The van der Waals surface area contributed by atoms with E-state index < -0.39 is 0 Å². The molecule has 2 aromatic carbocycles. The van der Waals surface area contributed by atoms with E-state index in [4.69, 9.17) is 16.3 Å². The van der Waals surface area contributed by atoms with E-state index in [0.717, 1.165) is 11.1 Å². The van der Waals surface area contributed by atoms with Crippen LogP contribution in [0.4, 0.5) is 5.69 Å². The predicted octanol–water partition coefficient (Wildman–Crippen LogP) is 3.43. The molecule has 2 amide bonds. The van der Waals surface area contributed by atoms with E-state index in [-0.39, 0.29) is 18.4 Å². The summed E-state index contributed by atoms with van der Waals surface area (Å²) in [6, 6.07) is 12.5. The SMILES string of the molecule is COc1ccc(C)cc1NC(=O)CNC(=O)/C=C/c1ccc(Cl)cc1.